The first-order valence-electron chi connectivity index (χ1n) is 9.76. The van der Waals surface area contributed by atoms with E-state index in [-0.39, 0.29) is 6.01 Å². The second-order valence-corrected chi connectivity index (χ2v) is 6.49. The summed E-state index contributed by atoms with van der Waals surface area (Å²) in [4.78, 5) is 4.13. The van der Waals surface area contributed by atoms with Crippen LogP contribution < -0.4 is 19.5 Å². The molecule has 0 aliphatic heterocycles. The van der Waals surface area contributed by atoms with Gasteiger partial charge >= 0.3 is 6.01 Å². The van der Waals surface area contributed by atoms with Crippen molar-refractivity contribution in [1.82, 2.24) is 30.5 Å². The molecule has 4 rings (SSSR count). The zero-order valence-corrected chi connectivity index (χ0v) is 17.0. The molecule has 1 N–H and O–H groups in total. The maximum absolute atomic E-state index is 5.93. The van der Waals surface area contributed by atoms with Gasteiger partial charge in [-0.25, -0.2) is 4.98 Å². The number of methoxy groups -OCH3 is 1. The molecule has 0 atom stereocenters. The highest BCUT2D eigenvalue weighted by Gasteiger charge is 2.14. The summed E-state index contributed by atoms with van der Waals surface area (Å²) in [6.07, 6.45) is 1.71. The second-order valence-electron chi connectivity index (χ2n) is 6.49. The van der Waals surface area contributed by atoms with E-state index < -0.39 is 0 Å². The highest BCUT2D eigenvalue weighted by atomic mass is 16.5. The molecule has 0 amide bonds. The van der Waals surface area contributed by atoms with Gasteiger partial charge in [-0.1, -0.05) is 35.4 Å². The topological polar surface area (TPSA) is 96.2 Å². The molecule has 0 bridgehead atoms. The van der Waals surface area contributed by atoms with Crippen molar-refractivity contribution in [2.45, 2.75) is 6.54 Å². The molecule has 0 aliphatic rings. The van der Waals surface area contributed by atoms with E-state index in [2.05, 4.69) is 25.8 Å². The summed E-state index contributed by atoms with van der Waals surface area (Å²) in [6.45, 7) is 1.87. The number of rotatable bonds is 10. The van der Waals surface area contributed by atoms with Gasteiger partial charge in [-0.15, -0.1) is 0 Å². The average Bonchev–Trinajstić information content (AvgIpc) is 3.29. The molecule has 9 heteroatoms. The first-order valence-corrected chi connectivity index (χ1v) is 9.76. The Bertz CT molecular complexity index is 1090. The number of ether oxygens (including phenoxy) is 3. The van der Waals surface area contributed by atoms with Crippen LogP contribution in [0.5, 0.6) is 23.4 Å². The van der Waals surface area contributed by atoms with Crippen molar-refractivity contribution in [3.63, 3.8) is 0 Å². The highest BCUT2D eigenvalue weighted by Crippen LogP contribution is 2.32. The minimum Gasteiger partial charge on any atom is -0.493 e. The number of hydrogen-bond donors (Lipinski definition) is 1. The molecule has 0 fully saturated rings. The van der Waals surface area contributed by atoms with Crippen molar-refractivity contribution in [2.24, 2.45) is 0 Å². The SMILES string of the molecule is COc1cc(CNCCOc2ccccn2)ccc1Oc1nnnn1-c1ccccc1. The number of aromatic nitrogens is 5. The van der Waals surface area contributed by atoms with Crippen LogP contribution in [0.2, 0.25) is 0 Å². The third kappa shape index (κ3) is 5.34. The fourth-order valence-corrected chi connectivity index (χ4v) is 2.87. The van der Waals surface area contributed by atoms with Crippen LogP contribution >= 0.6 is 0 Å². The summed E-state index contributed by atoms with van der Waals surface area (Å²) in [6, 6.07) is 21.1. The Labute approximate surface area is 179 Å². The van der Waals surface area contributed by atoms with Gasteiger partial charge in [-0.2, -0.15) is 4.68 Å². The monoisotopic (exact) mass is 418 g/mol. The molecule has 0 radical (unpaired) electrons. The minimum absolute atomic E-state index is 0.252. The summed E-state index contributed by atoms with van der Waals surface area (Å²) in [7, 11) is 1.60. The fraction of sp³-hybridized carbons (Fsp3) is 0.182. The van der Waals surface area contributed by atoms with Crippen LogP contribution in [-0.4, -0.2) is 45.5 Å². The van der Waals surface area contributed by atoms with E-state index in [0.29, 0.717) is 37.1 Å². The molecular weight excluding hydrogens is 396 g/mol. The van der Waals surface area contributed by atoms with Gasteiger partial charge in [-0.05, 0) is 46.3 Å². The summed E-state index contributed by atoms with van der Waals surface area (Å²) >= 11 is 0. The van der Waals surface area contributed by atoms with E-state index in [0.717, 1.165) is 11.3 Å². The van der Waals surface area contributed by atoms with E-state index >= 15 is 0 Å². The molecule has 9 nitrogen and oxygen atoms in total. The molecule has 2 aromatic carbocycles. The van der Waals surface area contributed by atoms with E-state index in [1.165, 1.54) is 4.68 Å². The summed E-state index contributed by atoms with van der Waals surface area (Å²) < 4.78 is 18.5. The molecule has 0 spiro atoms. The Balaban J connectivity index is 1.35. The van der Waals surface area contributed by atoms with E-state index in [4.69, 9.17) is 14.2 Å². The third-order valence-corrected chi connectivity index (χ3v) is 4.37. The van der Waals surface area contributed by atoms with Crippen LogP contribution in [0.3, 0.4) is 0 Å². The van der Waals surface area contributed by atoms with Crippen molar-refractivity contribution >= 4 is 0 Å². The Hall–Kier alpha value is -3.98. The lowest BCUT2D eigenvalue weighted by Crippen LogP contribution is -2.20. The fourth-order valence-electron chi connectivity index (χ4n) is 2.87. The first kappa shape index (κ1) is 20.3. The Morgan fingerprint density at radius 3 is 2.65 bits per heavy atom. The van der Waals surface area contributed by atoms with Gasteiger partial charge in [0.1, 0.15) is 6.61 Å². The molecule has 0 saturated carbocycles. The Morgan fingerprint density at radius 2 is 1.84 bits per heavy atom. The van der Waals surface area contributed by atoms with Gasteiger partial charge in [0.15, 0.2) is 11.5 Å². The number of tetrazole rings is 1. The third-order valence-electron chi connectivity index (χ3n) is 4.37. The van der Waals surface area contributed by atoms with Crippen molar-refractivity contribution in [3.8, 4) is 29.1 Å². The number of pyridine rings is 1. The normalized spacial score (nSPS) is 10.6. The van der Waals surface area contributed by atoms with Gasteiger partial charge in [-0.3, -0.25) is 0 Å². The quantitative estimate of drug-likeness (QED) is 0.393. The van der Waals surface area contributed by atoms with E-state index in [1.807, 2.05) is 66.7 Å². The predicted octanol–water partition coefficient (Wildman–Crippen LogP) is 3.03. The molecule has 2 aromatic heterocycles. The summed E-state index contributed by atoms with van der Waals surface area (Å²) in [5, 5.41) is 15.0. The van der Waals surface area contributed by atoms with E-state index in [9.17, 15) is 0 Å². The smallest absolute Gasteiger partial charge is 0.346 e. The Morgan fingerprint density at radius 1 is 0.968 bits per heavy atom. The van der Waals surface area contributed by atoms with Crippen LogP contribution in [0.1, 0.15) is 5.56 Å². The first-order chi connectivity index (χ1) is 15.3. The zero-order valence-electron chi connectivity index (χ0n) is 17.0. The second kappa shape index (κ2) is 10.2. The molecule has 31 heavy (non-hydrogen) atoms. The van der Waals surface area contributed by atoms with Crippen molar-refractivity contribution in [3.05, 3.63) is 78.5 Å². The Kier molecular flexibility index (Phi) is 6.66. The lowest BCUT2D eigenvalue weighted by molar-refractivity contribution is 0.302. The maximum atomic E-state index is 5.93. The maximum Gasteiger partial charge on any atom is 0.346 e. The van der Waals surface area contributed by atoms with Gasteiger partial charge in [0, 0.05) is 25.4 Å². The van der Waals surface area contributed by atoms with Gasteiger partial charge in [0.2, 0.25) is 5.88 Å². The molecular formula is C22H22N6O3. The molecule has 0 saturated heterocycles. The lowest BCUT2D eigenvalue weighted by Gasteiger charge is -2.12. The molecule has 0 aliphatic carbocycles. The van der Waals surface area contributed by atoms with Crippen molar-refractivity contribution in [1.29, 1.82) is 0 Å². The molecule has 0 unspecified atom stereocenters. The number of hydrogen-bond acceptors (Lipinski definition) is 8. The minimum atomic E-state index is 0.252. The molecule has 4 aromatic rings. The van der Waals surface area contributed by atoms with Crippen LogP contribution in [0.15, 0.2) is 72.9 Å². The number of nitrogens with zero attached hydrogens (tertiary/aromatic N) is 5. The van der Waals surface area contributed by atoms with Gasteiger partial charge in [0.05, 0.1) is 12.8 Å². The van der Waals surface area contributed by atoms with Gasteiger partial charge < -0.3 is 19.5 Å². The number of nitrogens with one attached hydrogen (secondary N) is 1. The average molecular weight is 418 g/mol. The molecule has 158 valence electrons. The van der Waals surface area contributed by atoms with Crippen LogP contribution in [-0.2, 0) is 6.54 Å². The predicted molar refractivity (Wildman–Crippen MR) is 114 cm³/mol. The highest BCUT2D eigenvalue weighted by molar-refractivity contribution is 5.44. The lowest BCUT2D eigenvalue weighted by atomic mass is 10.2. The summed E-state index contributed by atoms with van der Waals surface area (Å²) in [5.74, 6) is 1.73. The van der Waals surface area contributed by atoms with Crippen molar-refractivity contribution in [2.75, 3.05) is 20.3 Å². The van der Waals surface area contributed by atoms with Crippen molar-refractivity contribution < 1.29 is 14.2 Å². The summed E-state index contributed by atoms with van der Waals surface area (Å²) in [5.41, 5.74) is 1.85. The van der Waals surface area contributed by atoms with Gasteiger partial charge in [0.25, 0.3) is 0 Å². The van der Waals surface area contributed by atoms with Crippen LogP contribution in [0.4, 0.5) is 0 Å². The number of benzene rings is 2. The number of para-hydroxylation sites is 1. The largest absolute Gasteiger partial charge is 0.493 e. The van der Waals surface area contributed by atoms with E-state index in [1.54, 1.807) is 13.3 Å². The standard InChI is InChI=1S/C22H22N6O3/c1-29-20-15-17(16-23-13-14-30-21-9-5-6-12-24-21)10-11-19(20)31-22-25-26-27-28(22)18-7-3-2-4-8-18/h2-12,15,23H,13-14,16H2,1H3. The molecule has 2 heterocycles. The van der Waals surface area contributed by atoms with Crippen LogP contribution in [0.25, 0.3) is 5.69 Å². The van der Waals surface area contributed by atoms with Crippen LogP contribution in [0, 0.1) is 0 Å². The zero-order chi connectivity index (χ0) is 21.3.